The number of fused-ring (bicyclic) bond motifs is 1. The summed E-state index contributed by atoms with van der Waals surface area (Å²) in [6.45, 7) is 2.31. The largest absolute Gasteiger partial charge is 0.206 e. The zero-order chi connectivity index (χ0) is 19.0. The first-order valence-electron chi connectivity index (χ1n) is 10.3. The fraction of sp³-hybridized carbons (Fsp3) is 0.500. The van der Waals surface area contributed by atoms with Crippen LogP contribution in [0.5, 0.6) is 0 Å². The molecule has 2 aliphatic carbocycles. The van der Waals surface area contributed by atoms with Crippen molar-refractivity contribution >= 4 is 11.6 Å². The molecule has 144 valence electrons. The van der Waals surface area contributed by atoms with Crippen molar-refractivity contribution in [3.63, 3.8) is 0 Å². The minimum Gasteiger partial charge on any atom is -0.206 e. The Morgan fingerprint density at radius 2 is 1.67 bits per heavy atom. The van der Waals surface area contributed by atoms with Crippen molar-refractivity contribution in [1.82, 2.24) is 0 Å². The highest BCUT2D eigenvalue weighted by atomic mass is 35.5. The molecule has 0 nitrogen and oxygen atoms in total. The van der Waals surface area contributed by atoms with Crippen molar-refractivity contribution in [2.24, 2.45) is 17.8 Å². The molecule has 2 aromatic carbocycles. The summed E-state index contributed by atoms with van der Waals surface area (Å²) < 4.78 is 28.5. The van der Waals surface area contributed by atoms with E-state index in [9.17, 15) is 8.78 Å². The Hall–Kier alpha value is -1.41. The highest BCUT2D eigenvalue weighted by Gasteiger charge is 2.35. The second-order valence-corrected chi connectivity index (χ2v) is 8.89. The van der Waals surface area contributed by atoms with Gasteiger partial charge in [-0.3, -0.25) is 0 Å². The first-order chi connectivity index (χ1) is 13.0. The predicted octanol–water partition coefficient (Wildman–Crippen LogP) is 8.00. The summed E-state index contributed by atoms with van der Waals surface area (Å²) in [6.07, 6.45) is 9.02. The van der Waals surface area contributed by atoms with E-state index in [1.807, 2.05) is 6.07 Å². The van der Waals surface area contributed by atoms with Crippen LogP contribution in [0.4, 0.5) is 8.78 Å². The lowest BCUT2D eigenvalue weighted by molar-refractivity contribution is 0.116. The van der Waals surface area contributed by atoms with E-state index in [1.165, 1.54) is 50.7 Å². The average Bonchev–Trinajstić information content (AvgIpc) is 2.69. The van der Waals surface area contributed by atoms with Crippen LogP contribution in [0.25, 0.3) is 11.1 Å². The first kappa shape index (κ1) is 18.9. The molecule has 1 unspecified atom stereocenters. The zero-order valence-corrected chi connectivity index (χ0v) is 16.6. The molecule has 4 rings (SSSR count). The lowest BCUT2D eigenvalue weighted by Crippen LogP contribution is -2.30. The van der Waals surface area contributed by atoms with Gasteiger partial charge in [-0.05, 0) is 85.1 Å². The van der Waals surface area contributed by atoms with Gasteiger partial charge in [0.25, 0.3) is 0 Å². The van der Waals surface area contributed by atoms with Crippen molar-refractivity contribution in [3.8, 4) is 11.1 Å². The minimum absolute atomic E-state index is 0.0605. The Bertz CT molecular complexity index is 816. The molecule has 27 heavy (non-hydrogen) atoms. The van der Waals surface area contributed by atoms with E-state index in [2.05, 4.69) is 6.92 Å². The molecular weight excluding hydrogens is 362 g/mol. The van der Waals surface area contributed by atoms with Gasteiger partial charge in [-0.15, -0.1) is 0 Å². The molecule has 3 heteroatoms. The minimum atomic E-state index is -0.515. The highest BCUT2D eigenvalue weighted by Crippen LogP contribution is 2.48. The predicted molar refractivity (Wildman–Crippen MR) is 108 cm³/mol. The molecule has 0 aromatic heterocycles. The van der Waals surface area contributed by atoms with Crippen LogP contribution in [0.15, 0.2) is 36.4 Å². The van der Waals surface area contributed by atoms with Crippen LogP contribution in [0, 0.1) is 29.4 Å². The molecular formula is C24H27ClF2. The van der Waals surface area contributed by atoms with E-state index >= 15 is 0 Å². The number of benzene rings is 2. The highest BCUT2D eigenvalue weighted by molar-refractivity contribution is 6.30. The monoisotopic (exact) mass is 388 g/mol. The smallest absolute Gasteiger partial charge is 0.142 e. The molecule has 2 fully saturated rings. The van der Waals surface area contributed by atoms with Gasteiger partial charge < -0.3 is 0 Å². The van der Waals surface area contributed by atoms with E-state index in [0.717, 1.165) is 29.7 Å². The zero-order valence-electron chi connectivity index (χ0n) is 15.9. The Kier molecular flexibility index (Phi) is 5.55. The maximum absolute atomic E-state index is 14.8. The normalized spacial score (nSPS) is 28.0. The molecule has 2 aliphatic rings. The van der Waals surface area contributed by atoms with Gasteiger partial charge in [0, 0.05) is 5.56 Å². The second kappa shape index (κ2) is 7.91. The lowest BCUT2D eigenvalue weighted by Gasteiger charge is -2.42. The maximum Gasteiger partial charge on any atom is 0.142 e. The van der Waals surface area contributed by atoms with Gasteiger partial charge in [0.1, 0.15) is 11.6 Å². The van der Waals surface area contributed by atoms with Crippen molar-refractivity contribution < 1.29 is 8.78 Å². The van der Waals surface area contributed by atoms with Crippen molar-refractivity contribution in [2.45, 2.75) is 57.8 Å². The molecule has 0 N–H and O–H groups in total. The topological polar surface area (TPSA) is 0 Å². The van der Waals surface area contributed by atoms with Gasteiger partial charge in [0.2, 0.25) is 0 Å². The molecule has 4 atom stereocenters. The summed E-state index contributed by atoms with van der Waals surface area (Å²) in [4.78, 5) is 0. The van der Waals surface area contributed by atoms with Gasteiger partial charge >= 0.3 is 0 Å². The third kappa shape index (κ3) is 3.92. The Balaban J connectivity index is 1.50. The van der Waals surface area contributed by atoms with Crippen LogP contribution < -0.4 is 0 Å². The lowest BCUT2D eigenvalue weighted by atomic mass is 9.63. The Morgan fingerprint density at radius 1 is 0.889 bits per heavy atom. The third-order valence-electron chi connectivity index (χ3n) is 6.99. The Labute approximate surface area is 165 Å². The van der Waals surface area contributed by atoms with E-state index in [-0.39, 0.29) is 10.8 Å². The van der Waals surface area contributed by atoms with Crippen molar-refractivity contribution in [2.75, 3.05) is 0 Å². The molecule has 2 saturated carbocycles. The molecule has 0 saturated heterocycles. The number of rotatable bonds is 3. The van der Waals surface area contributed by atoms with Crippen molar-refractivity contribution in [1.29, 1.82) is 0 Å². The van der Waals surface area contributed by atoms with E-state index in [0.29, 0.717) is 17.0 Å². The summed E-state index contributed by atoms with van der Waals surface area (Å²) in [7, 11) is 0. The quantitative estimate of drug-likeness (QED) is 0.499. The van der Waals surface area contributed by atoms with Crippen LogP contribution in [-0.4, -0.2) is 0 Å². The molecule has 0 aliphatic heterocycles. The van der Waals surface area contributed by atoms with Crippen LogP contribution in [0.1, 0.15) is 63.4 Å². The van der Waals surface area contributed by atoms with Crippen molar-refractivity contribution in [3.05, 3.63) is 58.6 Å². The molecule has 0 radical (unpaired) electrons. The van der Waals surface area contributed by atoms with Gasteiger partial charge in [-0.25, -0.2) is 8.78 Å². The van der Waals surface area contributed by atoms with E-state index in [4.69, 9.17) is 11.6 Å². The Morgan fingerprint density at radius 3 is 2.41 bits per heavy atom. The fourth-order valence-electron chi connectivity index (χ4n) is 5.34. The summed E-state index contributed by atoms with van der Waals surface area (Å²) >= 11 is 5.74. The molecule has 0 spiro atoms. The van der Waals surface area contributed by atoms with Crippen LogP contribution in [-0.2, 0) is 0 Å². The summed E-state index contributed by atoms with van der Waals surface area (Å²) in [5.41, 5.74) is 2.07. The molecule has 2 aromatic rings. The van der Waals surface area contributed by atoms with Gasteiger partial charge in [0.15, 0.2) is 0 Å². The van der Waals surface area contributed by atoms with Gasteiger partial charge in [-0.1, -0.05) is 49.6 Å². The summed E-state index contributed by atoms with van der Waals surface area (Å²) in [6, 6.07) is 9.96. The van der Waals surface area contributed by atoms with E-state index in [1.54, 1.807) is 18.2 Å². The second-order valence-electron chi connectivity index (χ2n) is 8.49. The standard InChI is InChI=1S/C24H27ClF2/c1-2-15-3-4-17-12-18(6-5-16(17)11-15)19-7-9-21(23(26)13-19)20-8-10-22(25)24(27)14-20/h7-10,13-18H,2-6,11-12H2,1H3/t15?,16-,17-,18-/m1/s1. The van der Waals surface area contributed by atoms with Gasteiger partial charge in [-0.2, -0.15) is 0 Å². The SMILES string of the molecule is CCC1CC[C@@H]2C[C@H](c3ccc(-c4ccc(Cl)c(F)c4)c(F)c3)CC[C@@H]2C1. The fourth-order valence-corrected chi connectivity index (χ4v) is 5.46. The molecule has 0 heterocycles. The molecule has 0 bridgehead atoms. The number of halogens is 3. The molecule has 0 amide bonds. The van der Waals surface area contributed by atoms with Crippen LogP contribution in [0.3, 0.4) is 0 Å². The number of hydrogen-bond acceptors (Lipinski definition) is 0. The summed E-state index contributed by atoms with van der Waals surface area (Å²) in [5, 5.41) is 0.0605. The van der Waals surface area contributed by atoms with Crippen LogP contribution in [0.2, 0.25) is 5.02 Å². The van der Waals surface area contributed by atoms with Gasteiger partial charge in [0.05, 0.1) is 5.02 Å². The number of hydrogen-bond donors (Lipinski definition) is 0. The third-order valence-corrected chi connectivity index (χ3v) is 7.30. The summed E-state index contributed by atoms with van der Waals surface area (Å²) in [5.74, 6) is 2.26. The average molecular weight is 389 g/mol. The maximum atomic E-state index is 14.8. The van der Waals surface area contributed by atoms with Crippen LogP contribution >= 0.6 is 11.6 Å². The van der Waals surface area contributed by atoms with E-state index < -0.39 is 5.82 Å². The first-order valence-corrected chi connectivity index (χ1v) is 10.7.